The maximum Gasteiger partial charge on any atom is 0.176 e. The molecule has 4 rings (SSSR count). The van der Waals surface area contributed by atoms with E-state index in [-0.39, 0.29) is 5.78 Å². The highest BCUT2D eigenvalue weighted by Crippen LogP contribution is 2.17. The monoisotopic (exact) mass is 331 g/mol. The summed E-state index contributed by atoms with van der Waals surface area (Å²) in [6.07, 6.45) is 1.82. The number of pyridine rings is 1. The minimum absolute atomic E-state index is 0.192. The molecule has 25 heavy (non-hydrogen) atoms. The number of carbonyl (C=O) groups is 1. The van der Waals surface area contributed by atoms with Gasteiger partial charge in [-0.05, 0) is 29.0 Å². The van der Waals surface area contributed by atoms with E-state index in [2.05, 4.69) is 26.9 Å². The van der Waals surface area contributed by atoms with E-state index >= 15 is 0 Å². The molecule has 2 heterocycles. The van der Waals surface area contributed by atoms with Gasteiger partial charge in [-0.2, -0.15) is 0 Å². The van der Waals surface area contributed by atoms with Crippen molar-refractivity contribution < 1.29 is 4.79 Å². The number of hydrogen-bond acceptors (Lipinski definition) is 4. The van der Waals surface area contributed by atoms with Gasteiger partial charge in [0.15, 0.2) is 5.78 Å². The fourth-order valence-electron chi connectivity index (χ4n) is 3.33. The molecule has 0 amide bonds. The first kappa shape index (κ1) is 15.8. The maximum absolute atomic E-state index is 12.6. The van der Waals surface area contributed by atoms with Crippen molar-refractivity contribution in [3.63, 3.8) is 0 Å². The molecule has 1 fully saturated rings. The van der Waals surface area contributed by atoms with Crippen LogP contribution in [0.15, 0.2) is 66.9 Å². The van der Waals surface area contributed by atoms with Gasteiger partial charge in [0.25, 0.3) is 0 Å². The maximum atomic E-state index is 12.6. The number of anilines is 1. The Hall–Kier alpha value is -2.72. The molecule has 0 atom stereocenters. The minimum atomic E-state index is 0.192. The summed E-state index contributed by atoms with van der Waals surface area (Å²) in [5.74, 6) is 1.21. The van der Waals surface area contributed by atoms with Crippen molar-refractivity contribution in [2.75, 3.05) is 37.6 Å². The lowest BCUT2D eigenvalue weighted by Gasteiger charge is -2.35. The smallest absolute Gasteiger partial charge is 0.176 e. The molecule has 0 radical (unpaired) electrons. The van der Waals surface area contributed by atoms with E-state index in [0.29, 0.717) is 6.54 Å². The van der Waals surface area contributed by atoms with E-state index in [1.807, 2.05) is 54.7 Å². The van der Waals surface area contributed by atoms with Crippen LogP contribution in [0.25, 0.3) is 10.8 Å². The Bertz CT molecular complexity index is 870. The Kier molecular flexibility index (Phi) is 4.44. The van der Waals surface area contributed by atoms with Crippen LogP contribution in [0.5, 0.6) is 0 Å². The average molecular weight is 331 g/mol. The molecule has 126 valence electrons. The zero-order chi connectivity index (χ0) is 17.1. The number of fused-ring (bicyclic) bond motifs is 1. The van der Waals surface area contributed by atoms with Crippen LogP contribution >= 0.6 is 0 Å². The van der Waals surface area contributed by atoms with E-state index in [0.717, 1.165) is 42.9 Å². The Balaban J connectivity index is 1.38. The Morgan fingerprint density at radius 1 is 0.880 bits per heavy atom. The molecule has 1 saturated heterocycles. The second-order valence-corrected chi connectivity index (χ2v) is 6.44. The van der Waals surface area contributed by atoms with E-state index in [9.17, 15) is 4.79 Å². The van der Waals surface area contributed by atoms with Gasteiger partial charge < -0.3 is 4.90 Å². The topological polar surface area (TPSA) is 36.4 Å². The number of rotatable bonds is 4. The van der Waals surface area contributed by atoms with E-state index < -0.39 is 0 Å². The van der Waals surface area contributed by atoms with Gasteiger partial charge in [-0.25, -0.2) is 4.98 Å². The summed E-state index contributed by atoms with van der Waals surface area (Å²) in [5, 5.41) is 2.29. The van der Waals surface area contributed by atoms with Crippen LogP contribution in [0.2, 0.25) is 0 Å². The molecule has 0 aliphatic carbocycles. The SMILES string of the molecule is O=C(CN1CCN(c2ccccn2)CC1)c1ccc2ccccc2c1. The van der Waals surface area contributed by atoms with Crippen molar-refractivity contribution in [1.82, 2.24) is 9.88 Å². The average Bonchev–Trinajstić information content (AvgIpc) is 2.69. The van der Waals surface area contributed by atoms with Crippen molar-refractivity contribution in [2.24, 2.45) is 0 Å². The summed E-state index contributed by atoms with van der Waals surface area (Å²) < 4.78 is 0. The zero-order valence-corrected chi connectivity index (χ0v) is 14.1. The molecule has 1 aromatic heterocycles. The molecule has 0 N–H and O–H groups in total. The summed E-state index contributed by atoms with van der Waals surface area (Å²) >= 11 is 0. The Morgan fingerprint density at radius 2 is 1.64 bits per heavy atom. The molecule has 4 nitrogen and oxygen atoms in total. The summed E-state index contributed by atoms with van der Waals surface area (Å²) in [4.78, 5) is 21.6. The molecule has 0 saturated carbocycles. The number of Topliss-reactive ketones (excluding diaryl/α,β-unsaturated/α-hetero) is 1. The second kappa shape index (κ2) is 7.03. The lowest BCUT2D eigenvalue weighted by Crippen LogP contribution is -2.48. The minimum Gasteiger partial charge on any atom is -0.354 e. The van der Waals surface area contributed by atoms with Crippen molar-refractivity contribution in [3.05, 3.63) is 72.4 Å². The molecular weight excluding hydrogens is 310 g/mol. The van der Waals surface area contributed by atoms with Crippen LogP contribution in [-0.2, 0) is 0 Å². The van der Waals surface area contributed by atoms with E-state index in [1.54, 1.807) is 0 Å². The fraction of sp³-hybridized carbons (Fsp3) is 0.238. The first-order chi connectivity index (χ1) is 12.3. The van der Waals surface area contributed by atoms with Crippen LogP contribution in [-0.4, -0.2) is 48.4 Å². The summed E-state index contributed by atoms with van der Waals surface area (Å²) in [5.41, 5.74) is 0.797. The predicted molar refractivity (Wildman–Crippen MR) is 101 cm³/mol. The normalized spacial score (nSPS) is 15.4. The number of piperazine rings is 1. The second-order valence-electron chi connectivity index (χ2n) is 6.44. The van der Waals surface area contributed by atoms with Gasteiger partial charge in [0, 0.05) is 37.9 Å². The molecular formula is C21H21N3O. The zero-order valence-electron chi connectivity index (χ0n) is 14.1. The standard InChI is InChI=1S/C21H21N3O/c25-20(19-9-8-17-5-1-2-6-18(17)15-19)16-23-11-13-24(14-12-23)21-7-3-4-10-22-21/h1-10,15H,11-14,16H2. The highest BCUT2D eigenvalue weighted by atomic mass is 16.1. The van der Waals surface area contributed by atoms with Crippen LogP contribution < -0.4 is 4.90 Å². The molecule has 1 aliphatic heterocycles. The van der Waals surface area contributed by atoms with Gasteiger partial charge in [0.1, 0.15) is 5.82 Å². The number of carbonyl (C=O) groups excluding carboxylic acids is 1. The number of aromatic nitrogens is 1. The third-order valence-electron chi connectivity index (χ3n) is 4.78. The number of nitrogens with zero attached hydrogens (tertiary/aromatic N) is 3. The number of benzene rings is 2. The first-order valence-electron chi connectivity index (χ1n) is 8.70. The van der Waals surface area contributed by atoms with Crippen LogP contribution in [0.1, 0.15) is 10.4 Å². The highest BCUT2D eigenvalue weighted by molar-refractivity contribution is 6.01. The van der Waals surface area contributed by atoms with Crippen molar-refractivity contribution >= 4 is 22.4 Å². The Labute approximate surface area is 147 Å². The van der Waals surface area contributed by atoms with Gasteiger partial charge >= 0.3 is 0 Å². The van der Waals surface area contributed by atoms with Gasteiger partial charge in [-0.15, -0.1) is 0 Å². The number of hydrogen-bond donors (Lipinski definition) is 0. The van der Waals surface area contributed by atoms with Gasteiger partial charge in [-0.3, -0.25) is 9.69 Å². The first-order valence-corrected chi connectivity index (χ1v) is 8.70. The molecule has 4 heteroatoms. The largest absolute Gasteiger partial charge is 0.354 e. The molecule has 0 unspecified atom stereocenters. The molecule has 0 bridgehead atoms. The van der Waals surface area contributed by atoms with Gasteiger partial charge in [-0.1, -0.05) is 42.5 Å². The lowest BCUT2D eigenvalue weighted by molar-refractivity contribution is 0.0926. The molecule has 0 spiro atoms. The third kappa shape index (κ3) is 3.54. The lowest BCUT2D eigenvalue weighted by atomic mass is 10.0. The Morgan fingerprint density at radius 3 is 2.40 bits per heavy atom. The summed E-state index contributed by atoms with van der Waals surface area (Å²) in [6.45, 7) is 4.06. The van der Waals surface area contributed by atoms with Crippen molar-refractivity contribution in [2.45, 2.75) is 0 Å². The molecule has 1 aliphatic rings. The van der Waals surface area contributed by atoms with Crippen molar-refractivity contribution in [3.8, 4) is 0 Å². The molecule has 2 aromatic carbocycles. The summed E-state index contributed by atoms with van der Waals surface area (Å²) in [6, 6.07) is 20.1. The third-order valence-corrected chi connectivity index (χ3v) is 4.78. The fourth-order valence-corrected chi connectivity index (χ4v) is 3.33. The van der Waals surface area contributed by atoms with Gasteiger partial charge in [0.05, 0.1) is 6.54 Å². The van der Waals surface area contributed by atoms with Gasteiger partial charge in [0.2, 0.25) is 0 Å². The quantitative estimate of drug-likeness (QED) is 0.688. The predicted octanol–water partition coefficient (Wildman–Crippen LogP) is 3.24. The van der Waals surface area contributed by atoms with E-state index in [4.69, 9.17) is 0 Å². The summed E-state index contributed by atoms with van der Waals surface area (Å²) in [7, 11) is 0. The van der Waals surface area contributed by atoms with Crippen LogP contribution in [0, 0.1) is 0 Å². The van der Waals surface area contributed by atoms with Crippen LogP contribution in [0.4, 0.5) is 5.82 Å². The van der Waals surface area contributed by atoms with E-state index in [1.165, 1.54) is 5.39 Å². The van der Waals surface area contributed by atoms with Crippen molar-refractivity contribution in [1.29, 1.82) is 0 Å². The molecule has 3 aromatic rings. The highest BCUT2D eigenvalue weighted by Gasteiger charge is 2.20. The number of ketones is 1. The van der Waals surface area contributed by atoms with Crippen LogP contribution in [0.3, 0.4) is 0 Å².